The van der Waals surface area contributed by atoms with Crippen molar-refractivity contribution < 1.29 is 32.7 Å². The van der Waals surface area contributed by atoms with Gasteiger partial charge in [0.05, 0.1) is 5.69 Å². The van der Waals surface area contributed by atoms with Gasteiger partial charge in [-0.15, -0.1) is 0 Å². The van der Waals surface area contributed by atoms with Crippen LogP contribution in [0.2, 0.25) is 0 Å². The summed E-state index contributed by atoms with van der Waals surface area (Å²) in [5, 5.41) is 8.20. The predicted molar refractivity (Wildman–Crippen MR) is 169 cm³/mol. The van der Waals surface area contributed by atoms with Gasteiger partial charge in [-0.05, 0) is 102 Å². The number of amides is 4. The van der Waals surface area contributed by atoms with E-state index in [1.54, 1.807) is 31.7 Å². The van der Waals surface area contributed by atoms with Crippen LogP contribution in [0.25, 0.3) is 0 Å². The molecule has 0 unspecified atom stereocenters. The molecule has 1 aromatic rings. The number of hydrogen-bond acceptors (Lipinski definition) is 6. The number of anilines is 1. The van der Waals surface area contributed by atoms with E-state index < -0.39 is 53.3 Å². The molecule has 4 aliphatic rings. The fourth-order valence-electron chi connectivity index (χ4n) is 6.60. The van der Waals surface area contributed by atoms with Crippen molar-refractivity contribution in [2.45, 2.75) is 102 Å². The lowest BCUT2D eigenvalue weighted by Gasteiger charge is -2.40. The number of carbonyl (C=O) groups is 4. The summed E-state index contributed by atoms with van der Waals surface area (Å²) in [6.07, 6.45) is 3.32. The largest absolute Gasteiger partial charge is 0.369 e. The van der Waals surface area contributed by atoms with Gasteiger partial charge in [0, 0.05) is 38.2 Å². The van der Waals surface area contributed by atoms with Gasteiger partial charge in [0.25, 0.3) is 5.91 Å². The molecule has 4 amide bonds. The summed E-state index contributed by atoms with van der Waals surface area (Å²) in [7, 11) is 2.00. The molecule has 3 N–H and O–H groups in total. The first-order chi connectivity index (χ1) is 21.8. The van der Waals surface area contributed by atoms with Crippen LogP contribution in [-0.4, -0.2) is 96.6 Å². The molecule has 1 heterocycles. The minimum atomic E-state index is -1.93. The van der Waals surface area contributed by atoms with Crippen molar-refractivity contribution in [1.29, 1.82) is 0 Å². The summed E-state index contributed by atoms with van der Waals surface area (Å²) < 4.78 is 35.7. The molecular formula is C34H49F2N5O5. The monoisotopic (exact) mass is 645 g/mol. The van der Waals surface area contributed by atoms with Crippen molar-refractivity contribution in [2.24, 2.45) is 17.8 Å². The molecule has 254 valence electrons. The van der Waals surface area contributed by atoms with E-state index in [1.165, 1.54) is 12.1 Å². The Labute approximate surface area is 270 Å². The smallest absolute Gasteiger partial charge is 0.258 e. The number of nitrogens with zero attached hydrogens (tertiary/aromatic N) is 2. The van der Waals surface area contributed by atoms with Gasteiger partial charge in [0.15, 0.2) is 5.67 Å². The number of carbonyl (C=O) groups excluding carboxylic acids is 4. The molecular weight excluding hydrogens is 596 g/mol. The summed E-state index contributed by atoms with van der Waals surface area (Å²) in [6, 6.07) is 2.54. The molecule has 5 rings (SSSR count). The fourth-order valence-corrected chi connectivity index (χ4v) is 6.60. The van der Waals surface area contributed by atoms with Gasteiger partial charge in [0.2, 0.25) is 17.7 Å². The molecule has 5 atom stereocenters. The number of ether oxygens (including phenoxy) is 1. The predicted octanol–water partition coefficient (Wildman–Crippen LogP) is 3.36. The van der Waals surface area contributed by atoms with Crippen molar-refractivity contribution >= 4 is 29.3 Å². The zero-order chi connectivity index (χ0) is 33.3. The second-order valence-corrected chi connectivity index (χ2v) is 13.9. The molecule has 1 aromatic carbocycles. The summed E-state index contributed by atoms with van der Waals surface area (Å²) in [4.78, 5) is 57.0. The van der Waals surface area contributed by atoms with E-state index in [2.05, 4.69) is 20.9 Å². The molecule has 46 heavy (non-hydrogen) atoms. The standard InChI is InChI=1S/C34H49F2N5O5/c1-6-46-21(4)30(42)38-28(32(44)41-16-15-40(5)19(2)18-41)20(3)24-11-12-26(25(35)17-24)37-31(43)29(39-33(45)34(36)13-14-34)27(22-7-8-22)23-9-10-23/h11-12,17,19-23,27-29H,6-10,13-16,18H2,1-5H3,(H,37,43)(H,38,42)(H,39,45)/t19-,20+,21-,28-,29+/m1/s1. The molecule has 12 heteroatoms. The normalized spacial score (nSPS) is 23.7. The highest BCUT2D eigenvalue weighted by Gasteiger charge is 2.54. The first-order valence-electron chi connectivity index (χ1n) is 16.8. The summed E-state index contributed by atoms with van der Waals surface area (Å²) >= 11 is 0. The van der Waals surface area contributed by atoms with Crippen LogP contribution >= 0.6 is 0 Å². The molecule has 3 saturated carbocycles. The van der Waals surface area contributed by atoms with Crippen LogP contribution in [0, 0.1) is 23.6 Å². The van der Waals surface area contributed by atoms with Gasteiger partial charge in [-0.25, -0.2) is 8.78 Å². The quantitative estimate of drug-likeness (QED) is 0.286. The first-order valence-corrected chi connectivity index (χ1v) is 16.8. The van der Waals surface area contributed by atoms with Crippen LogP contribution < -0.4 is 16.0 Å². The van der Waals surface area contributed by atoms with Gasteiger partial charge >= 0.3 is 0 Å². The van der Waals surface area contributed by atoms with Gasteiger partial charge in [0.1, 0.15) is 24.0 Å². The van der Waals surface area contributed by atoms with Crippen molar-refractivity contribution in [2.75, 3.05) is 38.6 Å². The van der Waals surface area contributed by atoms with Gasteiger partial charge < -0.3 is 30.5 Å². The highest BCUT2D eigenvalue weighted by Crippen LogP contribution is 2.51. The Morgan fingerprint density at radius 2 is 1.65 bits per heavy atom. The Kier molecular flexibility index (Phi) is 10.4. The Hall–Kier alpha value is -3.12. The molecule has 0 spiro atoms. The lowest BCUT2D eigenvalue weighted by atomic mass is 9.88. The van der Waals surface area contributed by atoms with Crippen LogP contribution in [-0.2, 0) is 23.9 Å². The Morgan fingerprint density at radius 1 is 1.00 bits per heavy atom. The zero-order valence-corrected chi connectivity index (χ0v) is 27.6. The van der Waals surface area contributed by atoms with E-state index >= 15 is 4.39 Å². The number of piperazine rings is 1. The molecule has 1 aliphatic heterocycles. The number of halogens is 2. The highest BCUT2D eigenvalue weighted by atomic mass is 19.1. The average Bonchev–Trinajstić information content (AvgIpc) is 3.88. The molecule has 10 nitrogen and oxygen atoms in total. The van der Waals surface area contributed by atoms with Crippen molar-refractivity contribution in [3.05, 3.63) is 29.6 Å². The summed E-state index contributed by atoms with van der Waals surface area (Å²) in [6.45, 7) is 9.21. The third-order valence-corrected chi connectivity index (χ3v) is 10.3. The molecule has 0 aromatic heterocycles. The van der Waals surface area contributed by atoms with Crippen LogP contribution in [0.15, 0.2) is 18.2 Å². The summed E-state index contributed by atoms with van der Waals surface area (Å²) in [5.74, 6) is -2.89. The average molecular weight is 646 g/mol. The topological polar surface area (TPSA) is 120 Å². The van der Waals surface area contributed by atoms with Crippen molar-refractivity contribution in [1.82, 2.24) is 20.4 Å². The lowest BCUT2D eigenvalue weighted by molar-refractivity contribution is -0.142. The molecule has 0 radical (unpaired) electrons. The number of likely N-dealkylation sites (N-methyl/N-ethyl adjacent to an activating group) is 1. The van der Waals surface area contributed by atoms with Gasteiger partial charge in [-0.3, -0.25) is 19.2 Å². The van der Waals surface area contributed by atoms with E-state index in [9.17, 15) is 23.6 Å². The van der Waals surface area contributed by atoms with Crippen LogP contribution in [0.4, 0.5) is 14.5 Å². The third-order valence-electron chi connectivity index (χ3n) is 10.3. The van der Waals surface area contributed by atoms with E-state index in [1.807, 2.05) is 14.0 Å². The minimum Gasteiger partial charge on any atom is -0.369 e. The van der Waals surface area contributed by atoms with Gasteiger partial charge in [-0.1, -0.05) is 13.0 Å². The third kappa shape index (κ3) is 7.87. The number of alkyl halides is 1. The lowest BCUT2D eigenvalue weighted by Crippen LogP contribution is -2.58. The zero-order valence-electron chi connectivity index (χ0n) is 27.6. The maximum atomic E-state index is 15.7. The summed E-state index contributed by atoms with van der Waals surface area (Å²) in [5.41, 5.74) is -1.53. The SMILES string of the molecule is CCO[C@H](C)C(=O)N[C@@H](C(=O)N1CCN(C)[C@H](C)C1)[C@@H](C)c1ccc(NC(=O)[C@@H](NC(=O)C2(F)CC2)C(C2CC2)C2CC2)c(F)c1. The Bertz CT molecular complexity index is 1300. The molecule has 4 fully saturated rings. The number of hydrogen-bond donors (Lipinski definition) is 3. The van der Waals surface area contributed by atoms with E-state index in [4.69, 9.17) is 4.74 Å². The van der Waals surface area contributed by atoms with Crippen LogP contribution in [0.5, 0.6) is 0 Å². The van der Waals surface area contributed by atoms with E-state index in [-0.39, 0.29) is 48.2 Å². The Morgan fingerprint density at radius 3 is 2.20 bits per heavy atom. The maximum absolute atomic E-state index is 15.7. The highest BCUT2D eigenvalue weighted by molar-refractivity contribution is 5.99. The molecule has 3 aliphatic carbocycles. The Balaban J connectivity index is 1.33. The second kappa shape index (κ2) is 13.9. The molecule has 0 bridgehead atoms. The first kappa shape index (κ1) is 34.2. The second-order valence-electron chi connectivity index (χ2n) is 13.9. The van der Waals surface area contributed by atoms with Crippen LogP contribution in [0.3, 0.4) is 0 Å². The van der Waals surface area contributed by atoms with Crippen molar-refractivity contribution in [3.8, 4) is 0 Å². The number of benzene rings is 1. The molecule has 1 saturated heterocycles. The van der Waals surface area contributed by atoms with Crippen molar-refractivity contribution in [3.63, 3.8) is 0 Å². The number of nitrogens with one attached hydrogen (secondary N) is 3. The number of rotatable bonds is 14. The van der Waals surface area contributed by atoms with E-state index in [0.717, 1.165) is 25.7 Å². The minimum absolute atomic E-state index is 0.0725. The fraction of sp³-hybridized carbons (Fsp3) is 0.706. The van der Waals surface area contributed by atoms with Gasteiger partial charge in [-0.2, -0.15) is 0 Å². The van der Waals surface area contributed by atoms with Crippen LogP contribution in [0.1, 0.15) is 77.7 Å². The maximum Gasteiger partial charge on any atom is 0.258 e. The van der Waals surface area contributed by atoms with E-state index in [0.29, 0.717) is 31.8 Å².